The summed E-state index contributed by atoms with van der Waals surface area (Å²) in [6, 6.07) is 14.4. The van der Waals surface area contributed by atoms with E-state index < -0.39 is 0 Å². The number of aliphatic imine (C=N–C) groups is 1. The van der Waals surface area contributed by atoms with Gasteiger partial charge in [0.2, 0.25) is 0 Å². The van der Waals surface area contributed by atoms with Crippen LogP contribution in [0.2, 0.25) is 0 Å². The topological polar surface area (TPSA) is 65.7 Å². The molecule has 3 rings (SSSR count). The summed E-state index contributed by atoms with van der Waals surface area (Å²) in [4.78, 5) is 10.9. The van der Waals surface area contributed by atoms with Crippen LogP contribution in [0.15, 0.2) is 63.4 Å². The zero-order valence-electron chi connectivity index (χ0n) is 15.6. The van der Waals surface area contributed by atoms with Crippen molar-refractivity contribution < 1.29 is 10.2 Å². The minimum atomic E-state index is -0.201. The number of rotatable bonds is 5. The summed E-state index contributed by atoms with van der Waals surface area (Å²) in [5, 5.41) is 19.6. The second kappa shape index (κ2) is 8.37. The highest BCUT2D eigenvalue weighted by Crippen LogP contribution is 2.32. The SMILES string of the molecule is Cc1ccc(Sc2ccc(N=Cc3c(CO)cnc(C)c3O)cc2)c(C)c1. The zero-order chi connectivity index (χ0) is 19.4. The molecule has 27 heavy (non-hydrogen) atoms. The van der Waals surface area contributed by atoms with Crippen molar-refractivity contribution in [2.75, 3.05) is 0 Å². The first-order chi connectivity index (χ1) is 13.0. The molecule has 138 valence electrons. The number of aliphatic hydroxyl groups excluding tert-OH is 1. The van der Waals surface area contributed by atoms with Crippen LogP contribution in [0.25, 0.3) is 0 Å². The molecule has 0 aliphatic carbocycles. The van der Waals surface area contributed by atoms with Crippen molar-refractivity contribution in [3.63, 3.8) is 0 Å². The van der Waals surface area contributed by atoms with Gasteiger partial charge in [0.25, 0.3) is 0 Å². The minimum Gasteiger partial charge on any atom is -0.505 e. The van der Waals surface area contributed by atoms with Gasteiger partial charge in [0.15, 0.2) is 0 Å². The second-order valence-electron chi connectivity index (χ2n) is 6.41. The summed E-state index contributed by atoms with van der Waals surface area (Å²) in [7, 11) is 0. The Labute approximate surface area is 163 Å². The van der Waals surface area contributed by atoms with Crippen molar-refractivity contribution >= 4 is 23.7 Å². The molecule has 0 unspecified atom stereocenters. The number of hydrogen-bond donors (Lipinski definition) is 2. The van der Waals surface area contributed by atoms with E-state index in [4.69, 9.17) is 0 Å². The van der Waals surface area contributed by atoms with Gasteiger partial charge in [0, 0.05) is 33.3 Å². The molecule has 0 bridgehead atoms. The van der Waals surface area contributed by atoms with Crippen molar-refractivity contribution in [3.05, 3.63) is 76.6 Å². The fourth-order valence-electron chi connectivity index (χ4n) is 2.70. The number of hydrogen-bond acceptors (Lipinski definition) is 5. The molecule has 0 aliphatic heterocycles. The summed E-state index contributed by atoms with van der Waals surface area (Å²) in [5.41, 5.74) is 4.86. The van der Waals surface area contributed by atoms with Gasteiger partial charge < -0.3 is 10.2 Å². The molecule has 2 N–H and O–H groups in total. The van der Waals surface area contributed by atoms with E-state index >= 15 is 0 Å². The van der Waals surface area contributed by atoms with E-state index in [1.54, 1.807) is 31.1 Å². The van der Waals surface area contributed by atoms with E-state index in [0.29, 0.717) is 16.8 Å². The third-order valence-corrected chi connectivity index (χ3v) is 5.45. The van der Waals surface area contributed by atoms with Crippen molar-refractivity contribution in [2.24, 2.45) is 4.99 Å². The molecular weight excluding hydrogens is 356 g/mol. The van der Waals surface area contributed by atoms with Gasteiger partial charge in [0.1, 0.15) is 5.75 Å². The fraction of sp³-hybridized carbons (Fsp3) is 0.182. The van der Waals surface area contributed by atoms with Crippen LogP contribution < -0.4 is 0 Å². The molecule has 0 spiro atoms. The highest BCUT2D eigenvalue weighted by molar-refractivity contribution is 7.99. The van der Waals surface area contributed by atoms with Crippen LogP contribution in [0.1, 0.15) is 27.9 Å². The first-order valence-electron chi connectivity index (χ1n) is 8.65. The summed E-state index contributed by atoms with van der Waals surface area (Å²) >= 11 is 1.72. The van der Waals surface area contributed by atoms with Gasteiger partial charge in [-0.25, -0.2) is 0 Å². The highest BCUT2D eigenvalue weighted by Gasteiger charge is 2.09. The fourth-order valence-corrected chi connectivity index (χ4v) is 3.58. The molecule has 5 heteroatoms. The van der Waals surface area contributed by atoms with Crippen LogP contribution >= 0.6 is 11.8 Å². The van der Waals surface area contributed by atoms with Gasteiger partial charge in [-0.15, -0.1) is 0 Å². The molecule has 4 nitrogen and oxygen atoms in total. The van der Waals surface area contributed by atoms with Gasteiger partial charge in [-0.1, -0.05) is 29.5 Å². The average Bonchev–Trinajstić information content (AvgIpc) is 2.66. The van der Waals surface area contributed by atoms with E-state index in [9.17, 15) is 10.2 Å². The maximum absolute atomic E-state index is 10.2. The molecule has 2 aromatic carbocycles. The third-order valence-electron chi connectivity index (χ3n) is 4.27. The molecule has 0 saturated carbocycles. The third kappa shape index (κ3) is 4.56. The predicted octanol–water partition coefficient (Wildman–Crippen LogP) is 5.11. The lowest BCUT2D eigenvalue weighted by Gasteiger charge is -2.08. The second-order valence-corrected chi connectivity index (χ2v) is 7.53. The molecule has 0 fully saturated rings. The molecule has 0 amide bonds. The zero-order valence-corrected chi connectivity index (χ0v) is 16.4. The summed E-state index contributed by atoms with van der Waals surface area (Å²) in [6.07, 6.45) is 3.13. The molecule has 3 aromatic rings. The van der Waals surface area contributed by atoms with Gasteiger partial charge in [-0.3, -0.25) is 9.98 Å². The van der Waals surface area contributed by atoms with Crippen LogP contribution in [-0.4, -0.2) is 21.4 Å². The molecule has 1 aromatic heterocycles. The highest BCUT2D eigenvalue weighted by atomic mass is 32.2. The van der Waals surface area contributed by atoms with E-state index in [2.05, 4.69) is 42.0 Å². The standard InChI is InChI=1S/C22H22N2O2S/c1-14-4-9-21(15(2)10-14)27-19-7-5-18(6-8-19)24-12-20-17(13-25)11-23-16(3)22(20)26/h4-12,25-26H,13H2,1-3H3. The number of aliphatic hydroxyl groups is 1. The van der Waals surface area contributed by atoms with Crippen molar-refractivity contribution in [1.29, 1.82) is 0 Å². The van der Waals surface area contributed by atoms with Crippen LogP contribution in [-0.2, 0) is 6.61 Å². The van der Waals surface area contributed by atoms with E-state index in [1.165, 1.54) is 16.0 Å². The molecule has 0 atom stereocenters. The lowest BCUT2D eigenvalue weighted by molar-refractivity contribution is 0.280. The van der Waals surface area contributed by atoms with Gasteiger partial charge in [-0.05, 0) is 56.7 Å². The van der Waals surface area contributed by atoms with Crippen LogP contribution in [0.5, 0.6) is 5.75 Å². The largest absolute Gasteiger partial charge is 0.505 e. The van der Waals surface area contributed by atoms with Crippen molar-refractivity contribution in [1.82, 2.24) is 4.98 Å². The monoisotopic (exact) mass is 378 g/mol. The molecular formula is C22H22N2O2S. The molecule has 0 saturated heterocycles. The van der Waals surface area contributed by atoms with Gasteiger partial charge in [0.05, 0.1) is 18.0 Å². The lowest BCUT2D eigenvalue weighted by Crippen LogP contribution is -1.97. The number of aromatic nitrogens is 1. The quantitative estimate of drug-likeness (QED) is 0.606. The Morgan fingerprint density at radius 1 is 1.07 bits per heavy atom. The number of aryl methyl sites for hydroxylation is 3. The van der Waals surface area contributed by atoms with Crippen LogP contribution in [0, 0.1) is 20.8 Å². The number of nitrogens with zero attached hydrogens (tertiary/aromatic N) is 2. The predicted molar refractivity (Wildman–Crippen MR) is 110 cm³/mol. The van der Waals surface area contributed by atoms with Gasteiger partial charge in [-0.2, -0.15) is 0 Å². The van der Waals surface area contributed by atoms with Crippen LogP contribution in [0.4, 0.5) is 5.69 Å². The summed E-state index contributed by atoms with van der Waals surface area (Å²) in [6.45, 7) is 5.73. The number of aromatic hydroxyl groups is 1. The Kier molecular flexibility index (Phi) is 5.94. The van der Waals surface area contributed by atoms with Gasteiger partial charge >= 0.3 is 0 Å². The van der Waals surface area contributed by atoms with E-state index in [0.717, 1.165) is 10.6 Å². The van der Waals surface area contributed by atoms with Crippen LogP contribution in [0.3, 0.4) is 0 Å². The first-order valence-corrected chi connectivity index (χ1v) is 9.47. The number of pyridine rings is 1. The normalized spacial score (nSPS) is 11.3. The average molecular weight is 378 g/mol. The molecule has 1 heterocycles. The maximum Gasteiger partial charge on any atom is 0.145 e. The smallest absolute Gasteiger partial charge is 0.145 e. The van der Waals surface area contributed by atoms with Crippen molar-refractivity contribution in [2.45, 2.75) is 37.2 Å². The Morgan fingerprint density at radius 3 is 2.48 bits per heavy atom. The number of benzene rings is 2. The summed E-state index contributed by atoms with van der Waals surface area (Å²) in [5.74, 6) is 0.0484. The minimum absolute atomic E-state index is 0.0484. The first kappa shape index (κ1) is 19.1. The Balaban J connectivity index is 1.78. The lowest BCUT2D eigenvalue weighted by atomic mass is 10.1. The van der Waals surface area contributed by atoms with E-state index in [-0.39, 0.29) is 12.4 Å². The Bertz CT molecular complexity index is 982. The van der Waals surface area contributed by atoms with E-state index in [1.807, 2.05) is 24.3 Å². The van der Waals surface area contributed by atoms with Crippen molar-refractivity contribution in [3.8, 4) is 5.75 Å². The Morgan fingerprint density at radius 2 is 1.81 bits per heavy atom. The Hall–Kier alpha value is -2.63. The summed E-state index contributed by atoms with van der Waals surface area (Å²) < 4.78 is 0. The molecule has 0 radical (unpaired) electrons. The molecule has 0 aliphatic rings. The maximum atomic E-state index is 10.2.